The first kappa shape index (κ1) is 18.4. The second kappa shape index (κ2) is 6.16. The average Bonchev–Trinajstić information content (AvgIpc) is 1.64. The zero-order valence-electron chi connectivity index (χ0n) is 6.61. The van der Waals surface area contributed by atoms with E-state index in [0.29, 0.717) is 0 Å². The molecule has 0 atom stereocenters. The summed E-state index contributed by atoms with van der Waals surface area (Å²) in [6.45, 7) is 6.27. The van der Waals surface area contributed by atoms with Gasteiger partial charge in [0.25, 0.3) is 0 Å². The fraction of sp³-hybridized carbons (Fsp3) is 1.00. The van der Waals surface area contributed by atoms with Crippen LogP contribution in [-0.2, 0) is 3.02 Å². The van der Waals surface area contributed by atoms with E-state index in [2.05, 4.69) is 52.6 Å². The van der Waals surface area contributed by atoms with Crippen LogP contribution in [-0.4, -0.2) is 37.8 Å². The van der Waals surface area contributed by atoms with E-state index in [4.69, 9.17) is 3.02 Å². The van der Waals surface area contributed by atoms with Crippen LogP contribution in [0.5, 0.6) is 0 Å². The normalized spacial score (nSPS) is 11.5. The molecule has 0 aromatic carbocycles. The van der Waals surface area contributed by atoms with Gasteiger partial charge in [-0.3, -0.25) is 0 Å². The van der Waals surface area contributed by atoms with Crippen LogP contribution in [0.15, 0.2) is 0 Å². The monoisotopic (exact) mass is 400 g/mol. The van der Waals surface area contributed by atoms with Gasteiger partial charge < -0.3 is 11.0 Å². The maximum Gasteiger partial charge on any atom is -0.412 e. The molecule has 0 rings (SSSR count). The van der Waals surface area contributed by atoms with Crippen LogP contribution in [0, 0.1) is 5.41 Å². The molecule has 0 unspecified atom stereocenters. The number of hydrogen-bond acceptors (Lipinski definition) is 1. The van der Waals surface area contributed by atoms with Gasteiger partial charge in [-0.25, -0.2) is 0 Å². The van der Waals surface area contributed by atoms with E-state index in [9.17, 15) is 0 Å². The molecular formula is C5H13Br2O3Sb. The first-order valence-electron chi connectivity index (χ1n) is 2.51. The van der Waals surface area contributed by atoms with E-state index in [0.717, 1.165) is 0 Å². The van der Waals surface area contributed by atoms with Crippen molar-refractivity contribution in [3.63, 3.8) is 0 Å². The zero-order chi connectivity index (χ0) is 7.71. The summed E-state index contributed by atoms with van der Waals surface area (Å²) in [5.41, 5.74) is 0.0698. The van der Waals surface area contributed by atoms with E-state index in [1.165, 1.54) is 23.4 Å². The maximum atomic E-state index is 5.19. The molecule has 0 aromatic rings. The molecule has 3 nitrogen and oxygen atoms in total. The molecule has 0 aromatic heterocycles. The van der Waals surface area contributed by atoms with Crippen molar-refractivity contribution >= 4 is 55.3 Å². The van der Waals surface area contributed by atoms with Gasteiger partial charge in [-0.15, -0.1) is 0 Å². The summed E-state index contributed by atoms with van der Waals surface area (Å²) >= 11 is 8.14. The number of hydrogen-bond donors (Lipinski definition) is 0. The van der Waals surface area contributed by atoms with Crippen molar-refractivity contribution in [3.8, 4) is 0 Å². The standard InChI is InChI=1S/C5H9Br2O.2H2O.Sb/c1-4(2,3)5(6,7)8;;;/h1-3H3;2*1H2;/q-1;;;+1. The second-order valence-electron chi connectivity index (χ2n) is 2.86. The molecule has 6 heteroatoms. The van der Waals surface area contributed by atoms with Crippen LogP contribution in [0.4, 0.5) is 0 Å². The molecule has 2 radical (unpaired) electrons. The topological polar surface area (TPSA) is 72.2 Å². The minimum Gasteiger partial charge on any atom is -0.412 e. The zero-order valence-corrected chi connectivity index (χ0v) is 12.3. The summed E-state index contributed by atoms with van der Waals surface area (Å²) in [6.07, 6.45) is 0. The van der Waals surface area contributed by atoms with Crippen molar-refractivity contribution in [2.45, 2.75) is 24.2 Å². The molecule has 11 heavy (non-hydrogen) atoms. The Kier molecular flexibility index (Phi) is 10.3. The second-order valence-corrected chi connectivity index (χ2v) is 6.68. The van der Waals surface area contributed by atoms with Crippen molar-refractivity contribution in [3.05, 3.63) is 0 Å². The smallest absolute Gasteiger partial charge is 0.412 e. The van der Waals surface area contributed by atoms with E-state index in [1.54, 1.807) is 0 Å². The summed E-state index contributed by atoms with van der Waals surface area (Å²) in [5, 5.41) is 0. The van der Waals surface area contributed by atoms with Crippen LogP contribution in [0.25, 0.3) is 0 Å². The largest absolute Gasteiger partial charge is 0.412 e. The van der Waals surface area contributed by atoms with Crippen molar-refractivity contribution in [1.29, 1.82) is 0 Å². The molecule has 0 saturated heterocycles. The minimum absolute atomic E-state index is 0. The SMILES string of the molecule is CC(C)(C)C(Br)(Br)[O][Sb].O.O. The number of rotatable bonds is 1. The Morgan fingerprint density at radius 1 is 1.09 bits per heavy atom. The van der Waals surface area contributed by atoms with Crippen LogP contribution >= 0.6 is 31.9 Å². The van der Waals surface area contributed by atoms with Crippen molar-refractivity contribution in [2.24, 2.45) is 5.41 Å². The van der Waals surface area contributed by atoms with Gasteiger partial charge in [0, 0.05) is 0 Å². The summed E-state index contributed by atoms with van der Waals surface area (Å²) < 4.78 is 4.81. The van der Waals surface area contributed by atoms with Crippen LogP contribution in [0.1, 0.15) is 20.8 Å². The van der Waals surface area contributed by atoms with Crippen LogP contribution < -0.4 is 0 Å². The molecule has 70 valence electrons. The molecule has 0 aliphatic carbocycles. The van der Waals surface area contributed by atoms with Gasteiger partial charge in [-0.2, -0.15) is 0 Å². The molecular weight excluding hydrogens is 390 g/mol. The summed E-state index contributed by atoms with van der Waals surface area (Å²) in [7, 11) is 0. The molecule has 0 spiro atoms. The van der Waals surface area contributed by atoms with E-state index in [1.807, 2.05) is 0 Å². The van der Waals surface area contributed by atoms with Gasteiger partial charge in [0.05, 0.1) is 0 Å². The Hall–Kier alpha value is 1.66. The first-order valence-corrected chi connectivity index (χ1v) is 5.14. The van der Waals surface area contributed by atoms with Crippen molar-refractivity contribution < 1.29 is 14.0 Å². The molecule has 0 aliphatic heterocycles. The van der Waals surface area contributed by atoms with Crippen molar-refractivity contribution in [2.75, 3.05) is 0 Å². The average molecular weight is 403 g/mol. The first-order chi connectivity index (χ1) is 3.81. The fourth-order valence-electron chi connectivity index (χ4n) is 0.137. The summed E-state index contributed by atoms with van der Waals surface area (Å²) in [4.78, 5) is 0. The van der Waals surface area contributed by atoms with E-state index < -0.39 is 0 Å². The molecule has 0 heterocycles. The van der Waals surface area contributed by atoms with Gasteiger partial charge in [-0.05, 0) is 0 Å². The molecule has 0 amide bonds. The Bertz CT molecular complexity index is 102. The van der Waals surface area contributed by atoms with Crippen LogP contribution in [0.3, 0.4) is 0 Å². The third-order valence-electron chi connectivity index (χ3n) is 0.988. The van der Waals surface area contributed by atoms with E-state index in [-0.39, 0.29) is 19.8 Å². The Morgan fingerprint density at radius 3 is 1.36 bits per heavy atom. The molecule has 0 saturated carbocycles. The summed E-state index contributed by atoms with van der Waals surface area (Å²) in [5.74, 6) is 0. The van der Waals surface area contributed by atoms with Crippen LogP contribution in [0.2, 0.25) is 0 Å². The summed E-state index contributed by atoms with van der Waals surface area (Å²) in [6, 6.07) is 0. The Morgan fingerprint density at radius 2 is 1.36 bits per heavy atom. The maximum absolute atomic E-state index is 5.19. The molecule has 4 N–H and O–H groups in total. The third-order valence-corrected chi connectivity index (χ3v) is 5.96. The molecule has 0 bridgehead atoms. The van der Waals surface area contributed by atoms with Gasteiger partial charge >= 0.3 is 87.9 Å². The Labute approximate surface area is 98.2 Å². The van der Waals surface area contributed by atoms with Crippen molar-refractivity contribution in [1.82, 2.24) is 0 Å². The third kappa shape index (κ3) is 5.83. The predicted octanol–water partition coefficient (Wildman–Crippen LogP) is 0.927. The predicted molar refractivity (Wildman–Crippen MR) is 54.1 cm³/mol. The molecule has 0 fully saturated rings. The van der Waals surface area contributed by atoms with Gasteiger partial charge in [-0.1, -0.05) is 0 Å². The number of alkyl halides is 2. The van der Waals surface area contributed by atoms with Gasteiger partial charge in [0.15, 0.2) is 0 Å². The minimum atomic E-state index is -0.374. The van der Waals surface area contributed by atoms with Gasteiger partial charge in [0.2, 0.25) is 0 Å². The van der Waals surface area contributed by atoms with E-state index >= 15 is 0 Å². The Balaban J connectivity index is -0.000000320. The van der Waals surface area contributed by atoms with Gasteiger partial charge in [0.1, 0.15) is 0 Å². The fourth-order valence-corrected chi connectivity index (χ4v) is 0.919. The molecule has 0 aliphatic rings. The number of halogens is 2. The quantitative estimate of drug-likeness (QED) is 0.475.